The number of hydrogen-bond acceptors (Lipinski definition) is 9. The summed E-state index contributed by atoms with van der Waals surface area (Å²) in [6, 6.07) is -1.02. The molecular weight excluding hydrogens is 866 g/mol. The fraction of sp³-hybridized carbons (Fsp3) is 0.964. The van der Waals surface area contributed by atoms with Crippen molar-refractivity contribution >= 4 is 19.7 Å². The number of esters is 1. The van der Waals surface area contributed by atoms with Gasteiger partial charge in [-0.05, 0) is 43.4 Å². The largest absolute Gasteiger partial charge is 0.472 e. The number of aliphatic hydroxyl groups excluding tert-OH is 3. The summed E-state index contributed by atoms with van der Waals surface area (Å²) in [5, 5.41) is 32.8. The van der Waals surface area contributed by atoms with Crippen molar-refractivity contribution in [3.05, 3.63) is 0 Å². The predicted molar refractivity (Wildman–Crippen MR) is 278 cm³/mol. The van der Waals surface area contributed by atoms with E-state index >= 15 is 0 Å². The molecule has 0 aliphatic heterocycles. The van der Waals surface area contributed by atoms with Gasteiger partial charge in [0.2, 0.25) is 5.91 Å². The van der Waals surface area contributed by atoms with Gasteiger partial charge in [0, 0.05) is 6.42 Å². The van der Waals surface area contributed by atoms with Crippen LogP contribution >= 0.6 is 7.82 Å². The van der Waals surface area contributed by atoms with Crippen LogP contribution < -0.4 is 5.32 Å². The monoisotopic (exact) mass is 976 g/mol. The maximum absolute atomic E-state index is 13.6. The molecule has 5 atom stereocenters. The lowest BCUT2D eigenvalue weighted by atomic mass is 10.0. The van der Waals surface area contributed by atoms with Crippen LogP contribution in [0.15, 0.2) is 0 Å². The van der Waals surface area contributed by atoms with E-state index in [2.05, 4.69) is 46.9 Å². The van der Waals surface area contributed by atoms with E-state index in [0.717, 1.165) is 82.0 Å². The minimum absolute atomic E-state index is 0.0864. The molecule has 0 saturated heterocycles. The highest BCUT2D eigenvalue weighted by Crippen LogP contribution is 2.43. The Labute approximate surface area is 412 Å². The number of phosphoric acid groups is 1. The van der Waals surface area contributed by atoms with Gasteiger partial charge in [-0.3, -0.25) is 18.6 Å². The third kappa shape index (κ3) is 47.0. The van der Waals surface area contributed by atoms with Crippen LogP contribution in [0.5, 0.6) is 0 Å². The molecule has 67 heavy (non-hydrogen) atoms. The van der Waals surface area contributed by atoms with Crippen molar-refractivity contribution in [2.45, 2.75) is 303 Å². The quantitative estimate of drug-likeness (QED) is 0.0224. The Hall–Kier alpha value is -1.07. The second-order valence-corrected chi connectivity index (χ2v) is 22.9. The Morgan fingerprint density at radius 3 is 1.18 bits per heavy atom. The number of phosphoric ester groups is 1. The van der Waals surface area contributed by atoms with E-state index in [0.29, 0.717) is 19.3 Å². The van der Waals surface area contributed by atoms with Crippen molar-refractivity contribution in [2.24, 2.45) is 17.8 Å². The molecule has 1 amide bonds. The van der Waals surface area contributed by atoms with E-state index in [9.17, 15) is 29.3 Å². The van der Waals surface area contributed by atoms with Crippen molar-refractivity contribution in [2.75, 3.05) is 19.8 Å². The van der Waals surface area contributed by atoms with Gasteiger partial charge in [0.25, 0.3) is 0 Å². The van der Waals surface area contributed by atoms with Gasteiger partial charge >= 0.3 is 13.8 Å². The molecular formula is C55H110NO10P. The van der Waals surface area contributed by atoms with Crippen LogP contribution in [0.4, 0.5) is 0 Å². The van der Waals surface area contributed by atoms with E-state index < -0.39 is 57.9 Å². The highest BCUT2D eigenvalue weighted by atomic mass is 31.2. The van der Waals surface area contributed by atoms with Crippen molar-refractivity contribution < 1.29 is 48.2 Å². The molecule has 5 N–H and O–H groups in total. The number of hydrogen-bond donors (Lipinski definition) is 5. The molecule has 0 saturated carbocycles. The summed E-state index contributed by atoms with van der Waals surface area (Å²) in [4.78, 5) is 37.0. The first-order chi connectivity index (χ1) is 32.1. The molecule has 0 heterocycles. The molecule has 0 radical (unpaired) electrons. The highest BCUT2D eigenvalue weighted by Gasteiger charge is 2.29. The zero-order valence-electron chi connectivity index (χ0n) is 44.5. The molecule has 5 unspecified atom stereocenters. The Kier molecular flexibility index (Phi) is 45.3. The van der Waals surface area contributed by atoms with Crippen molar-refractivity contribution in [3.8, 4) is 0 Å². The van der Waals surface area contributed by atoms with E-state index in [-0.39, 0.29) is 12.4 Å². The number of amides is 1. The lowest BCUT2D eigenvalue weighted by Gasteiger charge is -2.26. The summed E-state index contributed by atoms with van der Waals surface area (Å²) < 4.78 is 28.6. The lowest BCUT2D eigenvalue weighted by Crippen LogP contribution is -2.47. The molecule has 0 aliphatic rings. The van der Waals surface area contributed by atoms with Gasteiger partial charge < -0.3 is 30.3 Å². The minimum Gasteiger partial charge on any atom is -0.462 e. The Balaban J connectivity index is 5.22. The highest BCUT2D eigenvalue weighted by molar-refractivity contribution is 7.47. The maximum atomic E-state index is 13.6. The van der Waals surface area contributed by atoms with Gasteiger partial charge in [-0.2, -0.15) is 0 Å². The molecule has 0 spiro atoms. The first-order valence-electron chi connectivity index (χ1n) is 28.2. The number of rotatable bonds is 51. The summed E-state index contributed by atoms with van der Waals surface area (Å²) in [6.07, 6.45) is 37.1. The summed E-state index contributed by atoms with van der Waals surface area (Å²) in [5.41, 5.74) is 0. The molecule has 0 aromatic rings. The van der Waals surface area contributed by atoms with E-state index in [1.54, 1.807) is 0 Å². The number of carbonyl (C=O) groups excluding carboxylic acids is 2. The first-order valence-corrected chi connectivity index (χ1v) is 29.7. The zero-order valence-corrected chi connectivity index (χ0v) is 45.4. The number of carbonyl (C=O) groups is 2. The summed E-state index contributed by atoms with van der Waals surface area (Å²) in [6.45, 7) is 11.9. The summed E-state index contributed by atoms with van der Waals surface area (Å²) in [5.74, 6) is 1.61. The van der Waals surface area contributed by atoms with Gasteiger partial charge in [-0.25, -0.2) is 4.57 Å². The lowest BCUT2D eigenvalue weighted by molar-refractivity contribution is -0.151. The van der Waals surface area contributed by atoms with Crippen LogP contribution in [0.1, 0.15) is 279 Å². The third-order valence-electron chi connectivity index (χ3n) is 13.1. The number of unbranched alkanes of at least 4 members (excludes halogenated alkanes) is 27. The van der Waals surface area contributed by atoms with Crippen molar-refractivity contribution in [3.63, 3.8) is 0 Å². The predicted octanol–water partition coefficient (Wildman–Crippen LogP) is 14.6. The first kappa shape index (κ1) is 65.9. The standard InChI is InChI=1S/C55H110NO10P/c1-47(2)37-31-25-19-13-8-7-9-17-23-29-35-41-53(59)52(46-65-67(62,63)64-45-50(58)44-57)56-54(60)43-51(40-34-28-22-16-11-10-14-20-26-32-38-48(3)4)66-55(61)42-36-30-24-18-12-15-21-27-33-39-49(5)6/h47-53,57-59H,7-46H2,1-6H3,(H,56,60)(H,62,63). The smallest absolute Gasteiger partial charge is 0.462 e. The fourth-order valence-corrected chi connectivity index (χ4v) is 9.49. The van der Waals surface area contributed by atoms with Crippen molar-refractivity contribution in [1.82, 2.24) is 5.32 Å². The molecule has 0 bridgehead atoms. The second-order valence-electron chi connectivity index (χ2n) is 21.4. The topological polar surface area (TPSA) is 172 Å². The Bertz CT molecular complexity index is 1160. The van der Waals surface area contributed by atoms with Gasteiger partial charge in [-0.1, -0.05) is 241 Å². The van der Waals surface area contributed by atoms with E-state index in [4.69, 9.17) is 18.9 Å². The van der Waals surface area contributed by atoms with Crippen LogP contribution in [0.25, 0.3) is 0 Å². The minimum atomic E-state index is -4.68. The average molecular weight is 976 g/mol. The van der Waals surface area contributed by atoms with Crippen LogP contribution in [0.2, 0.25) is 0 Å². The number of nitrogens with one attached hydrogen (secondary N) is 1. The van der Waals surface area contributed by atoms with Gasteiger partial charge in [0.1, 0.15) is 12.2 Å². The normalized spacial score (nSPS) is 14.7. The Morgan fingerprint density at radius 2 is 0.806 bits per heavy atom. The molecule has 0 aromatic heterocycles. The van der Waals surface area contributed by atoms with Crippen LogP contribution in [0, 0.1) is 17.8 Å². The van der Waals surface area contributed by atoms with E-state index in [1.165, 1.54) is 148 Å². The SMILES string of the molecule is CC(C)CCCCCCCCCCCCCC(O)C(COP(=O)(O)OCC(O)CO)NC(=O)CC(CCCCCCCCCCCCC(C)C)OC(=O)CCCCCCCCCCCC(C)C. The zero-order chi connectivity index (χ0) is 49.8. The molecule has 12 heteroatoms. The summed E-state index contributed by atoms with van der Waals surface area (Å²) >= 11 is 0. The van der Waals surface area contributed by atoms with Crippen LogP contribution in [0.3, 0.4) is 0 Å². The van der Waals surface area contributed by atoms with Crippen molar-refractivity contribution in [1.29, 1.82) is 0 Å². The second kappa shape index (κ2) is 46.0. The molecule has 11 nitrogen and oxygen atoms in total. The fourth-order valence-electron chi connectivity index (χ4n) is 8.71. The third-order valence-corrected chi connectivity index (χ3v) is 14.0. The van der Waals surface area contributed by atoms with Gasteiger partial charge in [0.15, 0.2) is 0 Å². The molecule has 400 valence electrons. The Morgan fingerprint density at radius 1 is 0.478 bits per heavy atom. The molecule has 0 fully saturated rings. The number of ether oxygens (including phenoxy) is 1. The van der Waals surface area contributed by atoms with Crippen LogP contribution in [-0.4, -0.2) is 76.3 Å². The molecule has 0 aliphatic carbocycles. The maximum Gasteiger partial charge on any atom is 0.472 e. The van der Waals surface area contributed by atoms with Gasteiger partial charge in [-0.15, -0.1) is 0 Å². The summed E-state index contributed by atoms with van der Waals surface area (Å²) in [7, 11) is -4.68. The number of aliphatic hydroxyl groups is 3. The molecule has 0 rings (SSSR count). The molecule has 0 aromatic carbocycles. The van der Waals surface area contributed by atoms with Gasteiger partial charge in [0.05, 0.1) is 38.4 Å². The average Bonchev–Trinajstić information content (AvgIpc) is 3.27. The van der Waals surface area contributed by atoms with E-state index in [1.807, 2.05) is 0 Å². The van der Waals surface area contributed by atoms with Crippen LogP contribution in [-0.2, 0) is 27.9 Å².